The zero-order valence-electron chi connectivity index (χ0n) is 10.0. The summed E-state index contributed by atoms with van der Waals surface area (Å²) in [5.74, 6) is 1.77. The number of hydrogen-bond acceptors (Lipinski definition) is 1. The number of benzene rings is 2. The maximum absolute atomic E-state index is 5.51. The van der Waals surface area contributed by atoms with Gasteiger partial charge >= 0.3 is 0 Å². The number of hydrogen-bond donors (Lipinski definition) is 0. The topological polar surface area (TPSA) is 9.23 Å². The van der Waals surface area contributed by atoms with Crippen LogP contribution in [0.4, 0.5) is 0 Å². The third kappa shape index (κ3) is 2.05. The fraction of sp³-hybridized carbons (Fsp3) is 0.250. The first-order chi connectivity index (χ1) is 8.38. The van der Waals surface area contributed by atoms with Crippen molar-refractivity contribution in [2.45, 2.75) is 18.8 Å². The Bertz CT molecular complexity index is 512. The highest BCUT2D eigenvalue weighted by Gasteiger charge is 2.26. The molecule has 0 amide bonds. The molecule has 2 aromatic carbocycles. The van der Waals surface area contributed by atoms with E-state index in [0.29, 0.717) is 0 Å². The van der Waals surface area contributed by atoms with Crippen LogP contribution in [-0.4, -0.2) is 7.11 Å². The first kappa shape index (κ1) is 10.4. The quantitative estimate of drug-likeness (QED) is 0.757. The fourth-order valence-corrected chi connectivity index (χ4v) is 2.25. The first-order valence-electron chi connectivity index (χ1n) is 6.12. The first-order valence-corrected chi connectivity index (χ1v) is 6.12. The zero-order chi connectivity index (χ0) is 11.7. The van der Waals surface area contributed by atoms with E-state index in [0.717, 1.165) is 11.7 Å². The van der Waals surface area contributed by atoms with E-state index in [2.05, 4.69) is 42.5 Å². The van der Waals surface area contributed by atoms with Gasteiger partial charge < -0.3 is 4.74 Å². The van der Waals surface area contributed by atoms with Gasteiger partial charge in [0.2, 0.25) is 0 Å². The lowest BCUT2D eigenvalue weighted by atomic mass is 10.0. The van der Waals surface area contributed by atoms with E-state index < -0.39 is 0 Å². The molecule has 86 valence electrons. The molecule has 1 nitrogen and oxygen atoms in total. The second kappa shape index (κ2) is 4.25. The molecule has 0 aromatic heterocycles. The minimum absolute atomic E-state index is 0.731. The predicted octanol–water partition coefficient (Wildman–Crippen LogP) is 4.24. The van der Waals surface area contributed by atoms with Crippen molar-refractivity contribution in [3.05, 3.63) is 54.1 Å². The van der Waals surface area contributed by atoms with Crippen LogP contribution in [0.5, 0.6) is 5.75 Å². The summed E-state index contributed by atoms with van der Waals surface area (Å²) in [4.78, 5) is 0. The molecule has 2 aromatic rings. The highest BCUT2D eigenvalue weighted by molar-refractivity contribution is 5.66. The van der Waals surface area contributed by atoms with Crippen LogP contribution in [0, 0.1) is 0 Å². The predicted molar refractivity (Wildman–Crippen MR) is 70.4 cm³/mol. The summed E-state index contributed by atoms with van der Waals surface area (Å²) in [5.41, 5.74) is 3.84. The second-order valence-electron chi connectivity index (χ2n) is 4.60. The summed E-state index contributed by atoms with van der Waals surface area (Å²) in [6.07, 6.45) is 2.61. The third-order valence-electron chi connectivity index (χ3n) is 3.36. The van der Waals surface area contributed by atoms with Gasteiger partial charge in [-0.15, -0.1) is 0 Å². The minimum Gasteiger partial charge on any atom is -0.496 e. The highest BCUT2D eigenvalue weighted by Crippen LogP contribution is 2.45. The van der Waals surface area contributed by atoms with Gasteiger partial charge in [0.1, 0.15) is 5.75 Å². The molecule has 1 heteroatoms. The number of methoxy groups -OCH3 is 1. The van der Waals surface area contributed by atoms with E-state index in [4.69, 9.17) is 4.74 Å². The molecule has 0 atom stereocenters. The molecule has 0 heterocycles. The maximum Gasteiger partial charge on any atom is 0.122 e. The van der Waals surface area contributed by atoms with Gasteiger partial charge in [-0.3, -0.25) is 0 Å². The van der Waals surface area contributed by atoms with Gasteiger partial charge in [-0.05, 0) is 41.5 Å². The summed E-state index contributed by atoms with van der Waals surface area (Å²) in [7, 11) is 1.76. The van der Waals surface area contributed by atoms with Crippen molar-refractivity contribution in [2.75, 3.05) is 7.11 Å². The van der Waals surface area contributed by atoms with E-state index >= 15 is 0 Å². The lowest BCUT2D eigenvalue weighted by Crippen LogP contribution is -1.90. The van der Waals surface area contributed by atoms with Crippen molar-refractivity contribution < 1.29 is 4.74 Å². The molecule has 3 rings (SSSR count). The highest BCUT2D eigenvalue weighted by atomic mass is 16.5. The van der Waals surface area contributed by atoms with Gasteiger partial charge in [0, 0.05) is 0 Å². The molecule has 0 saturated heterocycles. The Morgan fingerprint density at radius 2 is 1.71 bits per heavy atom. The van der Waals surface area contributed by atoms with Crippen molar-refractivity contribution in [2.24, 2.45) is 0 Å². The molecular weight excluding hydrogens is 208 g/mol. The minimum atomic E-state index is 0.731. The Morgan fingerprint density at radius 3 is 2.35 bits per heavy atom. The average Bonchev–Trinajstić information content (AvgIpc) is 3.23. The molecule has 1 fully saturated rings. The van der Waals surface area contributed by atoms with Crippen molar-refractivity contribution in [1.29, 1.82) is 0 Å². The largest absolute Gasteiger partial charge is 0.496 e. The van der Waals surface area contributed by atoms with Gasteiger partial charge in [0.05, 0.1) is 7.11 Å². The maximum atomic E-state index is 5.51. The molecule has 0 spiro atoms. The molecule has 1 saturated carbocycles. The van der Waals surface area contributed by atoms with E-state index in [1.807, 2.05) is 6.07 Å². The van der Waals surface area contributed by atoms with Gasteiger partial charge in [0.15, 0.2) is 0 Å². The average molecular weight is 224 g/mol. The van der Waals surface area contributed by atoms with E-state index in [9.17, 15) is 0 Å². The Morgan fingerprint density at radius 1 is 0.941 bits per heavy atom. The molecule has 0 unspecified atom stereocenters. The van der Waals surface area contributed by atoms with Gasteiger partial charge in [0.25, 0.3) is 0 Å². The Balaban J connectivity index is 2.02. The Kier molecular flexibility index (Phi) is 2.60. The summed E-state index contributed by atoms with van der Waals surface area (Å²) in [6.45, 7) is 0. The standard InChI is InChI=1S/C16H16O/c1-17-16-11-14(12-5-3-2-4-6-12)9-10-15(16)13-7-8-13/h2-6,9-11,13H,7-8H2,1H3. The Labute approximate surface area is 102 Å². The van der Waals surface area contributed by atoms with Crippen LogP contribution in [-0.2, 0) is 0 Å². The molecule has 0 bridgehead atoms. The Hall–Kier alpha value is -1.76. The van der Waals surface area contributed by atoms with Crippen LogP contribution < -0.4 is 4.74 Å². The van der Waals surface area contributed by atoms with Crippen LogP contribution in [0.1, 0.15) is 24.3 Å². The van der Waals surface area contributed by atoms with Gasteiger partial charge in [-0.1, -0.05) is 42.5 Å². The summed E-state index contributed by atoms with van der Waals surface area (Å²) < 4.78 is 5.51. The van der Waals surface area contributed by atoms with Crippen LogP contribution in [0.3, 0.4) is 0 Å². The summed E-state index contributed by atoms with van der Waals surface area (Å²) in [6, 6.07) is 17.0. The van der Waals surface area contributed by atoms with Crippen LogP contribution in [0.15, 0.2) is 48.5 Å². The normalized spacial score (nSPS) is 14.6. The third-order valence-corrected chi connectivity index (χ3v) is 3.36. The van der Waals surface area contributed by atoms with Crippen molar-refractivity contribution in [3.63, 3.8) is 0 Å². The smallest absolute Gasteiger partial charge is 0.122 e. The zero-order valence-corrected chi connectivity index (χ0v) is 10.0. The van der Waals surface area contributed by atoms with Crippen LogP contribution >= 0.6 is 0 Å². The van der Waals surface area contributed by atoms with Crippen LogP contribution in [0.25, 0.3) is 11.1 Å². The van der Waals surface area contributed by atoms with Gasteiger partial charge in [-0.25, -0.2) is 0 Å². The van der Waals surface area contributed by atoms with E-state index in [-0.39, 0.29) is 0 Å². The van der Waals surface area contributed by atoms with Crippen LogP contribution in [0.2, 0.25) is 0 Å². The van der Waals surface area contributed by atoms with E-state index in [1.54, 1.807) is 7.11 Å². The fourth-order valence-electron chi connectivity index (χ4n) is 2.25. The molecule has 17 heavy (non-hydrogen) atoms. The SMILES string of the molecule is COc1cc(-c2ccccc2)ccc1C1CC1. The van der Waals surface area contributed by atoms with E-state index in [1.165, 1.54) is 29.5 Å². The van der Waals surface area contributed by atoms with Gasteiger partial charge in [-0.2, -0.15) is 0 Å². The molecule has 0 radical (unpaired) electrons. The van der Waals surface area contributed by atoms with Crippen molar-refractivity contribution in [1.82, 2.24) is 0 Å². The monoisotopic (exact) mass is 224 g/mol. The van der Waals surface area contributed by atoms with Crippen molar-refractivity contribution >= 4 is 0 Å². The summed E-state index contributed by atoms with van der Waals surface area (Å²) in [5, 5.41) is 0. The number of ether oxygens (including phenoxy) is 1. The van der Waals surface area contributed by atoms with Crippen molar-refractivity contribution in [3.8, 4) is 16.9 Å². The molecular formula is C16H16O. The number of rotatable bonds is 3. The molecule has 1 aliphatic rings. The lowest BCUT2D eigenvalue weighted by molar-refractivity contribution is 0.410. The molecule has 0 aliphatic heterocycles. The lowest BCUT2D eigenvalue weighted by Gasteiger charge is -2.10. The molecule has 1 aliphatic carbocycles. The molecule has 0 N–H and O–H groups in total. The second-order valence-corrected chi connectivity index (χ2v) is 4.60. The summed E-state index contributed by atoms with van der Waals surface area (Å²) >= 11 is 0.